The van der Waals surface area contributed by atoms with Crippen molar-refractivity contribution in [3.8, 4) is 0 Å². The smallest absolute Gasteiger partial charge is 0.357 e. The van der Waals surface area contributed by atoms with Crippen LogP contribution in [0.1, 0.15) is 16.7 Å². The third-order valence-corrected chi connectivity index (χ3v) is 4.12. The number of ether oxygens (including phenoxy) is 1. The van der Waals surface area contributed by atoms with Crippen LogP contribution < -0.4 is 0 Å². The predicted octanol–water partition coefficient (Wildman–Crippen LogP) is 3.80. The maximum Gasteiger partial charge on any atom is 0.357 e. The number of carbonyl (C=O) groups excluding carboxylic acids is 1. The van der Waals surface area contributed by atoms with Gasteiger partial charge in [0.15, 0.2) is 0 Å². The van der Waals surface area contributed by atoms with Crippen LogP contribution in [0, 0.1) is 0 Å². The van der Waals surface area contributed by atoms with Crippen molar-refractivity contribution in [3.05, 3.63) is 108 Å². The Morgan fingerprint density at radius 1 is 0.731 bits per heavy atom. The molecule has 26 heavy (non-hydrogen) atoms. The van der Waals surface area contributed by atoms with Crippen molar-refractivity contribution in [3.63, 3.8) is 0 Å². The van der Waals surface area contributed by atoms with Gasteiger partial charge in [0.2, 0.25) is 0 Å². The van der Waals surface area contributed by atoms with E-state index in [0.717, 1.165) is 5.56 Å². The number of carboxylic acids is 1. The van der Waals surface area contributed by atoms with E-state index in [1.165, 1.54) is 0 Å². The van der Waals surface area contributed by atoms with Gasteiger partial charge in [0.25, 0.3) is 5.60 Å². The molecule has 3 rings (SSSR count). The first-order valence-electron chi connectivity index (χ1n) is 8.23. The molecule has 0 unspecified atom stereocenters. The van der Waals surface area contributed by atoms with Crippen molar-refractivity contribution >= 4 is 11.9 Å². The van der Waals surface area contributed by atoms with E-state index in [0.29, 0.717) is 11.1 Å². The van der Waals surface area contributed by atoms with E-state index in [2.05, 4.69) is 0 Å². The van der Waals surface area contributed by atoms with Crippen molar-refractivity contribution in [2.45, 2.75) is 12.0 Å². The van der Waals surface area contributed by atoms with Gasteiger partial charge in [-0.1, -0.05) is 91.0 Å². The summed E-state index contributed by atoms with van der Waals surface area (Å²) in [6.45, 7) is 0. The topological polar surface area (TPSA) is 63.6 Å². The molecule has 0 saturated carbocycles. The Kier molecular flexibility index (Phi) is 5.13. The summed E-state index contributed by atoms with van der Waals surface area (Å²) in [5.41, 5.74) is -0.355. The second-order valence-electron chi connectivity index (χ2n) is 5.85. The number of rotatable bonds is 6. The normalized spacial score (nSPS) is 10.9. The molecule has 0 atom stereocenters. The third-order valence-electron chi connectivity index (χ3n) is 4.12. The Morgan fingerprint density at radius 3 is 1.58 bits per heavy atom. The molecule has 0 aliphatic carbocycles. The van der Waals surface area contributed by atoms with Gasteiger partial charge in [-0.2, -0.15) is 0 Å². The average Bonchev–Trinajstić information content (AvgIpc) is 2.68. The van der Waals surface area contributed by atoms with Crippen LogP contribution in [0.5, 0.6) is 0 Å². The molecule has 4 nitrogen and oxygen atoms in total. The summed E-state index contributed by atoms with van der Waals surface area (Å²) in [6.07, 6.45) is -0.00443. The SMILES string of the molecule is O=C(Cc1ccccc1)OC(C(=O)O)(c1ccccc1)c1ccccc1. The van der Waals surface area contributed by atoms with Gasteiger partial charge in [0.1, 0.15) is 0 Å². The highest BCUT2D eigenvalue weighted by Crippen LogP contribution is 2.34. The fourth-order valence-corrected chi connectivity index (χ4v) is 2.89. The molecular formula is C22H18O4. The summed E-state index contributed by atoms with van der Waals surface area (Å²) >= 11 is 0. The summed E-state index contributed by atoms with van der Waals surface area (Å²) < 4.78 is 5.64. The Morgan fingerprint density at radius 2 is 1.15 bits per heavy atom. The second-order valence-corrected chi connectivity index (χ2v) is 5.85. The van der Waals surface area contributed by atoms with Crippen LogP contribution in [0.15, 0.2) is 91.0 Å². The van der Waals surface area contributed by atoms with E-state index in [1.807, 2.05) is 18.2 Å². The van der Waals surface area contributed by atoms with Gasteiger partial charge >= 0.3 is 11.9 Å². The molecule has 0 radical (unpaired) electrons. The standard InChI is InChI=1S/C22H18O4/c23-20(16-17-10-4-1-5-11-17)26-22(21(24)25,18-12-6-2-7-13-18)19-14-8-3-9-15-19/h1-15H,16H2,(H,24,25). The predicted molar refractivity (Wildman–Crippen MR) is 97.5 cm³/mol. The Balaban J connectivity index is 2.03. The lowest BCUT2D eigenvalue weighted by molar-refractivity contribution is -0.174. The minimum atomic E-state index is -1.89. The minimum Gasteiger partial charge on any atom is -0.478 e. The first kappa shape index (κ1) is 17.4. The molecule has 0 aliphatic rings. The first-order chi connectivity index (χ1) is 12.6. The van der Waals surface area contributed by atoms with Gasteiger partial charge in [-0.15, -0.1) is 0 Å². The van der Waals surface area contributed by atoms with Crippen LogP contribution in [-0.4, -0.2) is 17.0 Å². The highest BCUT2D eigenvalue weighted by atomic mass is 16.6. The van der Waals surface area contributed by atoms with Crippen LogP contribution in [0.25, 0.3) is 0 Å². The molecule has 0 spiro atoms. The van der Waals surface area contributed by atoms with Gasteiger partial charge in [0, 0.05) is 11.1 Å². The number of esters is 1. The van der Waals surface area contributed by atoms with E-state index in [1.54, 1.807) is 72.8 Å². The lowest BCUT2D eigenvalue weighted by Crippen LogP contribution is -2.42. The van der Waals surface area contributed by atoms with Gasteiger partial charge < -0.3 is 9.84 Å². The zero-order chi connectivity index (χ0) is 18.4. The van der Waals surface area contributed by atoms with Gasteiger partial charge in [-0.25, -0.2) is 4.79 Å². The molecule has 0 bridgehead atoms. The number of aliphatic carboxylic acids is 1. The van der Waals surface area contributed by atoms with E-state index < -0.39 is 17.5 Å². The van der Waals surface area contributed by atoms with Gasteiger partial charge in [0.05, 0.1) is 6.42 Å². The zero-order valence-electron chi connectivity index (χ0n) is 14.0. The Labute approximate surface area is 151 Å². The van der Waals surface area contributed by atoms with Crippen LogP contribution in [0.3, 0.4) is 0 Å². The fourth-order valence-electron chi connectivity index (χ4n) is 2.89. The second kappa shape index (κ2) is 7.66. The number of carboxylic acid groups (broad SMARTS) is 1. The molecule has 3 aromatic carbocycles. The van der Waals surface area contributed by atoms with Crippen molar-refractivity contribution in [2.75, 3.05) is 0 Å². The monoisotopic (exact) mass is 346 g/mol. The van der Waals surface area contributed by atoms with Crippen molar-refractivity contribution in [1.29, 1.82) is 0 Å². The van der Waals surface area contributed by atoms with Gasteiger partial charge in [-0.05, 0) is 5.56 Å². The van der Waals surface area contributed by atoms with E-state index >= 15 is 0 Å². The van der Waals surface area contributed by atoms with Crippen LogP contribution in [0.2, 0.25) is 0 Å². The summed E-state index contributed by atoms with van der Waals surface area (Å²) in [5, 5.41) is 10.1. The summed E-state index contributed by atoms with van der Waals surface area (Å²) in [7, 11) is 0. The molecule has 0 heterocycles. The van der Waals surface area contributed by atoms with E-state index in [-0.39, 0.29) is 6.42 Å². The van der Waals surface area contributed by atoms with Crippen LogP contribution >= 0.6 is 0 Å². The molecule has 3 aromatic rings. The zero-order valence-corrected chi connectivity index (χ0v) is 14.0. The molecule has 4 heteroatoms. The summed E-state index contributed by atoms with van der Waals surface area (Å²) in [4.78, 5) is 24.9. The number of hydrogen-bond acceptors (Lipinski definition) is 3. The molecule has 0 saturated heterocycles. The number of benzene rings is 3. The quantitative estimate of drug-likeness (QED) is 0.690. The average molecular weight is 346 g/mol. The maximum absolute atomic E-state index is 12.6. The lowest BCUT2D eigenvalue weighted by atomic mass is 9.86. The Hall–Kier alpha value is -3.40. The highest BCUT2D eigenvalue weighted by Gasteiger charge is 2.46. The van der Waals surface area contributed by atoms with E-state index in [4.69, 9.17) is 4.74 Å². The highest BCUT2D eigenvalue weighted by molar-refractivity contribution is 5.88. The molecule has 1 N–H and O–H groups in total. The van der Waals surface area contributed by atoms with Crippen LogP contribution in [-0.2, 0) is 26.3 Å². The summed E-state index contributed by atoms with van der Waals surface area (Å²) in [6, 6.07) is 26.2. The number of hydrogen-bond donors (Lipinski definition) is 1. The molecular weight excluding hydrogens is 328 g/mol. The van der Waals surface area contributed by atoms with Gasteiger partial charge in [-0.3, -0.25) is 4.79 Å². The number of carbonyl (C=O) groups is 2. The first-order valence-corrected chi connectivity index (χ1v) is 8.23. The van der Waals surface area contributed by atoms with Crippen molar-refractivity contribution in [2.24, 2.45) is 0 Å². The molecule has 0 aromatic heterocycles. The summed E-state index contributed by atoms with van der Waals surface area (Å²) in [5.74, 6) is -1.84. The van der Waals surface area contributed by atoms with E-state index in [9.17, 15) is 14.7 Å². The fraction of sp³-hybridized carbons (Fsp3) is 0.0909. The van der Waals surface area contributed by atoms with Crippen molar-refractivity contribution in [1.82, 2.24) is 0 Å². The maximum atomic E-state index is 12.6. The third kappa shape index (κ3) is 3.49. The molecule has 130 valence electrons. The Bertz CT molecular complexity index is 834. The molecule has 0 amide bonds. The molecule has 0 aliphatic heterocycles. The van der Waals surface area contributed by atoms with Crippen LogP contribution in [0.4, 0.5) is 0 Å². The largest absolute Gasteiger partial charge is 0.478 e. The van der Waals surface area contributed by atoms with Crippen molar-refractivity contribution < 1.29 is 19.4 Å². The minimum absolute atomic E-state index is 0.00443. The molecule has 0 fully saturated rings. The lowest BCUT2D eigenvalue weighted by Gasteiger charge is -2.30.